The molecule has 0 aromatic carbocycles. The average Bonchev–Trinajstić information content (AvgIpc) is 2.91. The van der Waals surface area contributed by atoms with Crippen LogP contribution in [0, 0.1) is 0 Å². The number of nitrogens with zero attached hydrogens (tertiary/aromatic N) is 2. The van der Waals surface area contributed by atoms with E-state index in [0.29, 0.717) is 3.79 Å². The van der Waals surface area contributed by atoms with Crippen LogP contribution in [-0.4, -0.2) is 36.1 Å². The highest BCUT2D eigenvalue weighted by molar-refractivity contribution is 9.11. The number of nitrogens with two attached hydrogens (primary N) is 1. The van der Waals surface area contributed by atoms with E-state index in [4.69, 9.17) is 5.73 Å². The molecule has 2 rings (SSSR count). The fourth-order valence-electron chi connectivity index (χ4n) is 1.69. The van der Waals surface area contributed by atoms with Crippen molar-refractivity contribution in [3.63, 3.8) is 0 Å². The van der Waals surface area contributed by atoms with E-state index in [9.17, 15) is 13.2 Å². The van der Waals surface area contributed by atoms with E-state index in [0.717, 1.165) is 23.1 Å². The van der Waals surface area contributed by atoms with Gasteiger partial charge in [0.15, 0.2) is 5.16 Å². The van der Waals surface area contributed by atoms with Crippen LogP contribution in [0.3, 0.4) is 0 Å². The number of anilines is 1. The summed E-state index contributed by atoms with van der Waals surface area (Å²) in [6.07, 6.45) is 1.17. The van der Waals surface area contributed by atoms with Gasteiger partial charge in [0.2, 0.25) is 15.7 Å². The number of carbonyl (C=O) groups excluding carboxylic acids is 1. The lowest BCUT2D eigenvalue weighted by atomic mass is 10.4. The fourth-order valence-corrected chi connectivity index (χ4v) is 5.72. The third-order valence-corrected chi connectivity index (χ3v) is 7.39. The molecule has 130 valence electrons. The van der Waals surface area contributed by atoms with Crippen molar-refractivity contribution in [3.8, 4) is 0 Å². The Morgan fingerprint density at radius 3 is 2.71 bits per heavy atom. The minimum atomic E-state index is -3.76. The topological polar surface area (TPSA) is 115 Å². The lowest BCUT2D eigenvalue weighted by molar-refractivity contribution is -0.119. The molecule has 0 saturated carbocycles. The zero-order valence-electron chi connectivity index (χ0n) is 12.8. The van der Waals surface area contributed by atoms with Gasteiger partial charge in [0.05, 0.1) is 15.7 Å². The molecule has 0 aliphatic heterocycles. The Hall–Kier alpha value is -1.17. The van der Waals surface area contributed by atoms with E-state index in [1.165, 1.54) is 12.3 Å². The molecule has 2 aromatic heterocycles. The highest BCUT2D eigenvalue weighted by Gasteiger charge is 2.24. The first kappa shape index (κ1) is 19.2. The highest BCUT2D eigenvalue weighted by Crippen LogP contribution is 2.32. The predicted molar refractivity (Wildman–Crippen MR) is 97.9 cm³/mol. The Balaban J connectivity index is 2.17. The third-order valence-electron chi connectivity index (χ3n) is 2.65. The zero-order valence-corrected chi connectivity index (χ0v) is 16.9. The standard InChI is InChI=1S/C13H15BrN4O3S3/c1-7(2)17-10(19)6-22-13-16-5-8(12(15)18-13)24(20,21)11-4-3-9(14)23-11/h3-5,7H,6H2,1-2H3,(H,17,19)(H2,15,16,18). The van der Waals surface area contributed by atoms with Gasteiger partial charge >= 0.3 is 0 Å². The zero-order chi connectivity index (χ0) is 17.9. The van der Waals surface area contributed by atoms with Crippen molar-refractivity contribution >= 4 is 60.6 Å². The third kappa shape index (κ3) is 4.68. The van der Waals surface area contributed by atoms with Crippen LogP contribution in [0.4, 0.5) is 5.82 Å². The lowest BCUT2D eigenvalue weighted by Crippen LogP contribution is -2.31. The number of hydrogen-bond acceptors (Lipinski definition) is 8. The first-order chi connectivity index (χ1) is 11.2. The van der Waals surface area contributed by atoms with Crippen LogP contribution in [0.2, 0.25) is 0 Å². The molecule has 0 unspecified atom stereocenters. The molecule has 3 N–H and O–H groups in total. The molecule has 0 spiro atoms. The number of carbonyl (C=O) groups is 1. The van der Waals surface area contributed by atoms with Gasteiger partial charge in [0, 0.05) is 6.04 Å². The summed E-state index contributed by atoms with van der Waals surface area (Å²) in [7, 11) is -3.76. The second-order valence-electron chi connectivity index (χ2n) is 4.97. The normalized spacial score (nSPS) is 11.7. The molecular formula is C13H15BrN4O3S3. The van der Waals surface area contributed by atoms with Crippen LogP contribution in [0.25, 0.3) is 0 Å². The van der Waals surface area contributed by atoms with E-state index >= 15 is 0 Å². The number of nitrogens with one attached hydrogen (secondary N) is 1. The van der Waals surface area contributed by atoms with E-state index in [-0.39, 0.29) is 37.8 Å². The van der Waals surface area contributed by atoms with Crippen molar-refractivity contribution in [2.75, 3.05) is 11.5 Å². The summed E-state index contributed by atoms with van der Waals surface area (Å²) in [4.78, 5) is 19.4. The molecule has 0 aliphatic rings. The van der Waals surface area contributed by atoms with E-state index in [1.54, 1.807) is 6.07 Å². The van der Waals surface area contributed by atoms with E-state index in [2.05, 4.69) is 31.2 Å². The molecule has 0 aliphatic carbocycles. The van der Waals surface area contributed by atoms with Gasteiger partial charge in [-0.3, -0.25) is 4.79 Å². The molecule has 0 bridgehead atoms. The van der Waals surface area contributed by atoms with Gasteiger partial charge in [-0.15, -0.1) is 11.3 Å². The SMILES string of the molecule is CC(C)NC(=O)CSc1ncc(S(=O)(=O)c2ccc(Br)s2)c(N)n1. The number of hydrogen-bond donors (Lipinski definition) is 2. The van der Waals surface area contributed by atoms with Gasteiger partial charge in [0.1, 0.15) is 14.9 Å². The fraction of sp³-hybridized carbons (Fsp3) is 0.308. The van der Waals surface area contributed by atoms with Crippen molar-refractivity contribution in [2.24, 2.45) is 0 Å². The summed E-state index contributed by atoms with van der Waals surface area (Å²) in [5.41, 5.74) is 5.79. The van der Waals surface area contributed by atoms with Crippen molar-refractivity contribution < 1.29 is 13.2 Å². The van der Waals surface area contributed by atoms with E-state index < -0.39 is 9.84 Å². The van der Waals surface area contributed by atoms with Crippen molar-refractivity contribution in [1.29, 1.82) is 0 Å². The van der Waals surface area contributed by atoms with Crippen LogP contribution >= 0.6 is 39.0 Å². The Morgan fingerprint density at radius 1 is 1.46 bits per heavy atom. The van der Waals surface area contributed by atoms with Crippen molar-refractivity contribution in [2.45, 2.75) is 34.2 Å². The molecule has 24 heavy (non-hydrogen) atoms. The van der Waals surface area contributed by atoms with Gasteiger partial charge in [-0.2, -0.15) is 0 Å². The maximum Gasteiger partial charge on any atom is 0.230 e. The molecule has 7 nitrogen and oxygen atoms in total. The molecule has 1 amide bonds. The molecule has 0 saturated heterocycles. The van der Waals surface area contributed by atoms with Crippen LogP contribution in [0.15, 0.2) is 36.4 Å². The second kappa shape index (κ2) is 7.81. The summed E-state index contributed by atoms with van der Waals surface area (Å²) < 4.78 is 25.9. The summed E-state index contributed by atoms with van der Waals surface area (Å²) in [5, 5.41) is 2.99. The summed E-state index contributed by atoms with van der Waals surface area (Å²) in [5.74, 6) is -0.166. The largest absolute Gasteiger partial charge is 0.382 e. The molecule has 0 radical (unpaired) electrons. The Kier molecular flexibility index (Phi) is 6.23. The molecule has 0 atom stereocenters. The maximum atomic E-state index is 12.5. The summed E-state index contributed by atoms with van der Waals surface area (Å²) in [6.45, 7) is 3.72. The monoisotopic (exact) mass is 450 g/mol. The number of nitrogen functional groups attached to an aromatic ring is 1. The van der Waals surface area contributed by atoms with Crippen LogP contribution < -0.4 is 11.1 Å². The minimum Gasteiger partial charge on any atom is -0.382 e. The smallest absolute Gasteiger partial charge is 0.230 e. The predicted octanol–water partition coefficient (Wildman–Crippen LogP) is 2.33. The number of thioether (sulfide) groups is 1. The van der Waals surface area contributed by atoms with Crippen LogP contribution in [0.5, 0.6) is 0 Å². The first-order valence-electron chi connectivity index (χ1n) is 6.75. The quantitative estimate of drug-likeness (QED) is 0.512. The lowest BCUT2D eigenvalue weighted by Gasteiger charge is -2.08. The highest BCUT2D eigenvalue weighted by atomic mass is 79.9. The summed E-state index contributed by atoms with van der Waals surface area (Å²) >= 11 is 5.40. The molecular weight excluding hydrogens is 436 g/mol. The number of sulfone groups is 1. The number of aromatic nitrogens is 2. The van der Waals surface area contributed by atoms with Gasteiger partial charge < -0.3 is 11.1 Å². The van der Waals surface area contributed by atoms with Gasteiger partial charge in [0.25, 0.3) is 0 Å². The van der Waals surface area contributed by atoms with Gasteiger partial charge in [-0.05, 0) is 41.9 Å². The Bertz CT molecular complexity index is 852. The number of rotatable bonds is 6. The average molecular weight is 451 g/mol. The Labute approximate surface area is 156 Å². The Morgan fingerprint density at radius 2 is 2.17 bits per heavy atom. The molecule has 11 heteroatoms. The van der Waals surface area contributed by atoms with Crippen LogP contribution in [-0.2, 0) is 14.6 Å². The van der Waals surface area contributed by atoms with E-state index in [1.807, 2.05) is 13.8 Å². The molecule has 2 heterocycles. The van der Waals surface area contributed by atoms with Gasteiger partial charge in [-0.25, -0.2) is 18.4 Å². The van der Waals surface area contributed by atoms with Gasteiger partial charge in [-0.1, -0.05) is 11.8 Å². The minimum absolute atomic E-state index is 0.0433. The number of amides is 1. The van der Waals surface area contributed by atoms with Crippen LogP contribution in [0.1, 0.15) is 13.8 Å². The molecule has 2 aromatic rings. The van der Waals surface area contributed by atoms with Crippen molar-refractivity contribution in [3.05, 3.63) is 22.1 Å². The maximum absolute atomic E-state index is 12.5. The second-order valence-corrected chi connectivity index (χ2v) is 10.5. The summed E-state index contributed by atoms with van der Waals surface area (Å²) in [6, 6.07) is 3.18. The molecule has 0 fully saturated rings. The number of halogens is 1. The number of thiophene rings is 1. The first-order valence-corrected chi connectivity index (χ1v) is 10.8. The van der Waals surface area contributed by atoms with Crippen molar-refractivity contribution in [1.82, 2.24) is 15.3 Å².